The van der Waals surface area contributed by atoms with Gasteiger partial charge in [-0.2, -0.15) is 0 Å². The molecule has 0 aliphatic rings. The summed E-state index contributed by atoms with van der Waals surface area (Å²) >= 11 is 1.24. The van der Waals surface area contributed by atoms with E-state index in [0.29, 0.717) is 27.5 Å². The van der Waals surface area contributed by atoms with Gasteiger partial charge in [0.1, 0.15) is 22.1 Å². The van der Waals surface area contributed by atoms with E-state index >= 15 is 0 Å². The maximum Gasteiger partial charge on any atom is 0.341 e. The van der Waals surface area contributed by atoms with Crippen molar-refractivity contribution < 1.29 is 23.1 Å². The van der Waals surface area contributed by atoms with Crippen molar-refractivity contribution in [3.63, 3.8) is 0 Å². The number of hydrogen-bond acceptors (Lipinski definition) is 5. The number of esters is 1. The van der Waals surface area contributed by atoms with E-state index in [-0.39, 0.29) is 18.2 Å². The summed E-state index contributed by atoms with van der Waals surface area (Å²) in [5, 5.41) is 4.94. The predicted octanol–water partition coefficient (Wildman–Crippen LogP) is 6.24. The number of benzene rings is 2. The molecule has 0 fully saturated rings. The molecule has 7 heteroatoms. The number of rotatable bonds is 6. The first-order valence-corrected chi connectivity index (χ1v) is 10.5. The zero-order valence-electron chi connectivity index (χ0n) is 16.6. The van der Waals surface area contributed by atoms with Gasteiger partial charge in [-0.05, 0) is 48.9 Å². The van der Waals surface area contributed by atoms with Gasteiger partial charge in [-0.3, -0.25) is 4.79 Å². The number of carbonyl (C=O) groups is 2. The molecule has 0 bridgehead atoms. The van der Waals surface area contributed by atoms with Crippen molar-refractivity contribution in [2.45, 2.75) is 6.92 Å². The summed E-state index contributed by atoms with van der Waals surface area (Å²) in [5.41, 5.74) is 2.48. The smallest absolute Gasteiger partial charge is 0.341 e. The fourth-order valence-electron chi connectivity index (χ4n) is 3.08. The highest BCUT2D eigenvalue weighted by Crippen LogP contribution is 2.36. The summed E-state index contributed by atoms with van der Waals surface area (Å²) in [6, 6.07) is 18.4. The van der Waals surface area contributed by atoms with Gasteiger partial charge in [0.25, 0.3) is 5.91 Å². The Morgan fingerprint density at radius 1 is 1.00 bits per heavy atom. The number of nitrogens with one attached hydrogen (secondary N) is 1. The van der Waals surface area contributed by atoms with Gasteiger partial charge in [0, 0.05) is 16.5 Å². The largest absolute Gasteiger partial charge is 0.462 e. The van der Waals surface area contributed by atoms with E-state index in [9.17, 15) is 14.0 Å². The lowest BCUT2D eigenvalue weighted by Crippen LogP contribution is -2.14. The molecule has 31 heavy (non-hydrogen) atoms. The summed E-state index contributed by atoms with van der Waals surface area (Å²) in [6.07, 6.45) is 0. The molecule has 2 heterocycles. The highest BCUT2D eigenvalue weighted by Gasteiger charge is 2.24. The number of furan rings is 1. The van der Waals surface area contributed by atoms with Crippen molar-refractivity contribution >= 4 is 28.2 Å². The number of thiophene rings is 1. The lowest BCUT2D eigenvalue weighted by Gasteiger charge is -2.08. The third kappa shape index (κ3) is 4.41. The predicted molar refractivity (Wildman–Crippen MR) is 118 cm³/mol. The van der Waals surface area contributed by atoms with E-state index in [1.807, 2.05) is 35.7 Å². The summed E-state index contributed by atoms with van der Waals surface area (Å²) < 4.78 is 24.0. The van der Waals surface area contributed by atoms with Crippen LogP contribution in [0.4, 0.5) is 9.39 Å². The molecule has 0 aliphatic heterocycles. The van der Waals surface area contributed by atoms with Crippen molar-refractivity contribution in [2.75, 3.05) is 11.9 Å². The molecule has 2 aromatic heterocycles. The second kappa shape index (κ2) is 8.97. The Labute approximate surface area is 182 Å². The summed E-state index contributed by atoms with van der Waals surface area (Å²) in [6.45, 7) is 1.94. The molecule has 5 nitrogen and oxygen atoms in total. The Kier molecular flexibility index (Phi) is 5.95. The fraction of sp³-hybridized carbons (Fsp3) is 0.0833. The van der Waals surface area contributed by atoms with Gasteiger partial charge >= 0.3 is 5.97 Å². The third-order valence-corrected chi connectivity index (χ3v) is 5.44. The molecular formula is C24H18FNO4S. The summed E-state index contributed by atoms with van der Waals surface area (Å²) in [5.74, 6) is -0.855. The maximum atomic E-state index is 13.1. The topological polar surface area (TPSA) is 68.5 Å². The van der Waals surface area contributed by atoms with E-state index in [1.165, 1.54) is 29.5 Å². The third-order valence-electron chi connectivity index (χ3n) is 4.54. The molecule has 0 radical (unpaired) electrons. The molecule has 0 spiro atoms. The van der Waals surface area contributed by atoms with Crippen molar-refractivity contribution in [1.82, 2.24) is 0 Å². The van der Waals surface area contributed by atoms with Crippen LogP contribution in [0.2, 0.25) is 0 Å². The zero-order valence-corrected chi connectivity index (χ0v) is 17.4. The Hall–Kier alpha value is -3.71. The molecule has 4 aromatic rings. The normalized spacial score (nSPS) is 10.6. The van der Waals surface area contributed by atoms with Gasteiger partial charge in [-0.15, -0.1) is 11.3 Å². The molecule has 0 saturated heterocycles. The van der Waals surface area contributed by atoms with Crippen LogP contribution in [0, 0.1) is 5.82 Å². The Bertz CT molecular complexity index is 1210. The number of carbonyl (C=O) groups excluding carboxylic acids is 2. The van der Waals surface area contributed by atoms with Crippen LogP contribution in [-0.4, -0.2) is 18.5 Å². The molecule has 0 aliphatic carbocycles. The minimum absolute atomic E-state index is 0.0730. The number of amides is 1. The molecule has 1 N–H and O–H groups in total. The fourth-order valence-corrected chi connectivity index (χ4v) is 4.03. The average Bonchev–Trinajstić information content (AvgIpc) is 3.43. The van der Waals surface area contributed by atoms with Crippen molar-refractivity contribution in [3.8, 4) is 22.5 Å². The number of ether oxygens (including phenoxy) is 1. The monoisotopic (exact) mass is 435 g/mol. The first-order chi connectivity index (χ1) is 15.1. The molecule has 0 atom stereocenters. The molecule has 0 unspecified atom stereocenters. The van der Waals surface area contributed by atoms with Crippen LogP contribution in [0.5, 0.6) is 0 Å². The second-order valence-electron chi connectivity index (χ2n) is 6.56. The van der Waals surface area contributed by atoms with Gasteiger partial charge in [0.15, 0.2) is 5.76 Å². The van der Waals surface area contributed by atoms with Crippen LogP contribution in [0.15, 0.2) is 76.5 Å². The van der Waals surface area contributed by atoms with Gasteiger partial charge in [0.2, 0.25) is 0 Å². The molecule has 1 amide bonds. The Morgan fingerprint density at radius 2 is 1.74 bits per heavy atom. The highest BCUT2D eigenvalue weighted by atomic mass is 32.1. The van der Waals surface area contributed by atoms with E-state index < -0.39 is 11.9 Å². The standard InChI is InChI=1S/C24H18FNO4S/c1-2-29-24(28)21-18(15-6-4-3-5-7-15)14-31-23(21)26-22(27)20-13-12-19(30-20)16-8-10-17(25)11-9-16/h3-14H,2H2,1H3,(H,26,27). The molecular weight excluding hydrogens is 417 g/mol. The Morgan fingerprint density at radius 3 is 2.45 bits per heavy atom. The van der Waals surface area contributed by atoms with Crippen LogP contribution in [0.25, 0.3) is 22.5 Å². The van der Waals surface area contributed by atoms with Gasteiger partial charge < -0.3 is 14.5 Å². The zero-order chi connectivity index (χ0) is 21.8. The van der Waals surface area contributed by atoms with Crippen LogP contribution < -0.4 is 5.32 Å². The lowest BCUT2D eigenvalue weighted by molar-refractivity contribution is 0.0529. The van der Waals surface area contributed by atoms with Gasteiger partial charge in [0.05, 0.1) is 6.61 Å². The van der Waals surface area contributed by atoms with Crippen LogP contribution in [0.1, 0.15) is 27.8 Å². The van der Waals surface area contributed by atoms with Crippen LogP contribution in [0.3, 0.4) is 0 Å². The van der Waals surface area contributed by atoms with Crippen molar-refractivity contribution in [2.24, 2.45) is 0 Å². The van der Waals surface area contributed by atoms with Gasteiger partial charge in [-0.25, -0.2) is 9.18 Å². The first-order valence-electron chi connectivity index (χ1n) is 9.58. The van der Waals surface area contributed by atoms with E-state index in [4.69, 9.17) is 9.15 Å². The Balaban J connectivity index is 1.62. The molecule has 156 valence electrons. The highest BCUT2D eigenvalue weighted by molar-refractivity contribution is 7.15. The van der Waals surface area contributed by atoms with E-state index in [1.54, 1.807) is 25.1 Å². The summed E-state index contributed by atoms with van der Waals surface area (Å²) in [7, 11) is 0. The van der Waals surface area contributed by atoms with E-state index in [0.717, 1.165) is 5.56 Å². The second-order valence-corrected chi connectivity index (χ2v) is 7.44. The van der Waals surface area contributed by atoms with Crippen LogP contribution in [-0.2, 0) is 4.74 Å². The average molecular weight is 435 g/mol. The van der Waals surface area contributed by atoms with Crippen molar-refractivity contribution in [3.05, 3.63) is 89.3 Å². The van der Waals surface area contributed by atoms with E-state index in [2.05, 4.69) is 5.32 Å². The maximum absolute atomic E-state index is 13.1. The van der Waals surface area contributed by atoms with Gasteiger partial charge in [-0.1, -0.05) is 30.3 Å². The SMILES string of the molecule is CCOC(=O)c1c(-c2ccccc2)csc1NC(=O)c1ccc(-c2ccc(F)cc2)o1. The molecule has 2 aromatic carbocycles. The van der Waals surface area contributed by atoms with Crippen LogP contribution >= 0.6 is 11.3 Å². The summed E-state index contributed by atoms with van der Waals surface area (Å²) in [4.78, 5) is 25.4. The number of hydrogen-bond donors (Lipinski definition) is 1. The number of anilines is 1. The minimum atomic E-state index is -0.510. The van der Waals surface area contributed by atoms with Crippen molar-refractivity contribution in [1.29, 1.82) is 0 Å². The number of halogens is 1. The molecule has 4 rings (SSSR count). The first kappa shape index (κ1) is 20.6. The molecule has 0 saturated carbocycles. The minimum Gasteiger partial charge on any atom is -0.462 e. The lowest BCUT2D eigenvalue weighted by atomic mass is 10.0. The quantitative estimate of drug-likeness (QED) is 0.364.